The zero-order valence-corrected chi connectivity index (χ0v) is 31.2. The van der Waals surface area contributed by atoms with Gasteiger partial charge in [0.25, 0.3) is 0 Å². The first kappa shape index (κ1) is 32.8. The summed E-state index contributed by atoms with van der Waals surface area (Å²) in [4.78, 5) is 2.32. The lowest BCUT2D eigenvalue weighted by atomic mass is 9.97. The van der Waals surface area contributed by atoms with E-state index in [0.717, 1.165) is 28.4 Å². The molecule has 3 nitrogen and oxygen atoms in total. The molecule has 0 aliphatic rings. The highest BCUT2D eigenvalue weighted by atomic mass is 15.1. The van der Waals surface area contributed by atoms with Crippen LogP contribution in [0.5, 0.6) is 0 Å². The van der Waals surface area contributed by atoms with Crippen LogP contribution in [-0.2, 0) is 0 Å². The fourth-order valence-electron chi connectivity index (χ4n) is 8.77. The van der Waals surface area contributed by atoms with Crippen molar-refractivity contribution in [3.8, 4) is 33.6 Å². The third-order valence-electron chi connectivity index (χ3n) is 11.3. The highest BCUT2D eigenvalue weighted by molar-refractivity contribution is 6.17. The first-order valence-corrected chi connectivity index (χ1v) is 19.5. The molecule has 0 fully saturated rings. The molecule has 0 atom stereocenters. The van der Waals surface area contributed by atoms with Crippen molar-refractivity contribution < 1.29 is 0 Å². The molecule has 0 amide bonds. The lowest BCUT2D eigenvalue weighted by Gasteiger charge is -2.26. The van der Waals surface area contributed by atoms with Gasteiger partial charge in [-0.3, -0.25) is 0 Å². The number of rotatable bonds is 7. The van der Waals surface area contributed by atoms with Gasteiger partial charge in [0.15, 0.2) is 0 Å². The molecule has 0 radical (unpaired) electrons. The van der Waals surface area contributed by atoms with E-state index in [4.69, 9.17) is 0 Å². The lowest BCUT2D eigenvalue weighted by Crippen LogP contribution is -2.10. The number of hydrogen-bond donors (Lipinski definition) is 0. The van der Waals surface area contributed by atoms with Crippen molar-refractivity contribution in [3.05, 3.63) is 224 Å². The summed E-state index contributed by atoms with van der Waals surface area (Å²) in [6.45, 7) is 0. The minimum atomic E-state index is 1.10. The van der Waals surface area contributed by atoms with Gasteiger partial charge in [-0.25, -0.2) is 0 Å². The van der Waals surface area contributed by atoms with Crippen LogP contribution in [0.3, 0.4) is 0 Å². The molecule has 2 aromatic heterocycles. The highest BCUT2D eigenvalue weighted by Crippen LogP contribution is 2.42. The minimum absolute atomic E-state index is 1.10. The first-order chi connectivity index (χ1) is 28.3. The van der Waals surface area contributed by atoms with Crippen molar-refractivity contribution in [2.45, 2.75) is 0 Å². The molecule has 0 aliphatic carbocycles. The van der Waals surface area contributed by atoms with Crippen molar-refractivity contribution in [1.29, 1.82) is 0 Å². The molecular formula is C54H37N3. The average molecular weight is 728 g/mol. The number of aromatic nitrogens is 2. The summed E-state index contributed by atoms with van der Waals surface area (Å²) in [5, 5.41) is 4.97. The number of hydrogen-bond acceptors (Lipinski definition) is 1. The minimum Gasteiger partial charge on any atom is -0.310 e. The molecular weight excluding hydrogens is 691 g/mol. The second-order valence-corrected chi connectivity index (χ2v) is 14.6. The zero-order valence-electron chi connectivity index (χ0n) is 31.2. The predicted octanol–water partition coefficient (Wildman–Crippen LogP) is 14.7. The highest BCUT2D eigenvalue weighted by Gasteiger charge is 2.19. The SMILES string of the molecule is c1ccc(-c2cccc3c2c2cc(-c4ccc5c(c4)c4ccccc4n5-c4cccc(N(c5ccccc5)c5ccccc5)c4)ccc2n3-c2ccccc2)cc1. The van der Waals surface area contributed by atoms with Crippen molar-refractivity contribution >= 4 is 60.7 Å². The van der Waals surface area contributed by atoms with Crippen molar-refractivity contribution in [1.82, 2.24) is 9.13 Å². The van der Waals surface area contributed by atoms with E-state index >= 15 is 0 Å². The molecule has 0 N–H and O–H groups in total. The molecule has 57 heavy (non-hydrogen) atoms. The molecule has 0 spiro atoms. The zero-order chi connectivity index (χ0) is 37.7. The molecule has 268 valence electrons. The number of para-hydroxylation sites is 4. The van der Waals surface area contributed by atoms with E-state index in [1.165, 1.54) is 65.9 Å². The molecule has 0 unspecified atom stereocenters. The molecule has 0 aliphatic heterocycles. The summed E-state index contributed by atoms with van der Waals surface area (Å²) in [5.41, 5.74) is 15.2. The standard InChI is InChI=1S/C54H37N3/c1-5-17-38(18-6-1)46-28-16-30-53-54(46)49-36-40(32-34-52(49)56(53)43-23-11-4-12-24-43)39-31-33-51-48(35-39)47-27-13-14-29-50(47)57(51)45-26-15-25-44(37-45)55(41-19-7-2-8-20-41)42-21-9-3-10-22-42/h1-37H. The van der Waals surface area contributed by atoms with Crippen LogP contribution < -0.4 is 4.90 Å². The van der Waals surface area contributed by atoms with Crippen molar-refractivity contribution in [3.63, 3.8) is 0 Å². The van der Waals surface area contributed by atoms with Crippen LogP contribution in [0.1, 0.15) is 0 Å². The summed E-state index contributed by atoms with van der Waals surface area (Å²) in [6.07, 6.45) is 0. The van der Waals surface area contributed by atoms with E-state index in [-0.39, 0.29) is 0 Å². The topological polar surface area (TPSA) is 13.1 Å². The maximum Gasteiger partial charge on any atom is 0.0547 e. The Hall–Kier alpha value is -7.62. The van der Waals surface area contributed by atoms with Crippen molar-refractivity contribution in [2.24, 2.45) is 0 Å². The van der Waals surface area contributed by atoms with Crippen LogP contribution in [-0.4, -0.2) is 9.13 Å². The Labute approximate surface area is 331 Å². The van der Waals surface area contributed by atoms with E-state index in [9.17, 15) is 0 Å². The van der Waals surface area contributed by atoms with Gasteiger partial charge in [-0.2, -0.15) is 0 Å². The molecule has 11 rings (SSSR count). The monoisotopic (exact) mass is 727 g/mol. The molecule has 2 heterocycles. The van der Waals surface area contributed by atoms with Gasteiger partial charge in [0.05, 0.1) is 22.1 Å². The molecule has 11 aromatic rings. The van der Waals surface area contributed by atoms with Crippen LogP contribution >= 0.6 is 0 Å². The average Bonchev–Trinajstić information content (AvgIpc) is 3.80. The quantitative estimate of drug-likeness (QED) is 0.159. The largest absolute Gasteiger partial charge is 0.310 e. The summed E-state index contributed by atoms with van der Waals surface area (Å²) >= 11 is 0. The van der Waals surface area contributed by atoms with Gasteiger partial charge in [-0.05, 0) is 113 Å². The summed E-state index contributed by atoms with van der Waals surface area (Å²) in [6, 6.07) is 81.0. The number of nitrogens with zero attached hydrogens (tertiary/aromatic N) is 3. The Morgan fingerprint density at radius 1 is 0.281 bits per heavy atom. The number of fused-ring (bicyclic) bond motifs is 6. The van der Waals surface area contributed by atoms with E-state index in [0.29, 0.717) is 0 Å². The van der Waals surface area contributed by atoms with Crippen LogP contribution in [0.25, 0.3) is 77.2 Å². The van der Waals surface area contributed by atoms with E-state index < -0.39 is 0 Å². The second kappa shape index (κ2) is 13.6. The van der Waals surface area contributed by atoms with Gasteiger partial charge in [0, 0.05) is 50.0 Å². The van der Waals surface area contributed by atoms with Gasteiger partial charge < -0.3 is 14.0 Å². The Kier molecular flexibility index (Phi) is 7.82. The molecule has 0 bridgehead atoms. The smallest absolute Gasteiger partial charge is 0.0547 e. The lowest BCUT2D eigenvalue weighted by molar-refractivity contribution is 1.17. The summed E-state index contributed by atoms with van der Waals surface area (Å²) in [5.74, 6) is 0. The molecule has 3 heteroatoms. The Bertz CT molecular complexity index is 3180. The Morgan fingerprint density at radius 2 is 0.772 bits per heavy atom. The Morgan fingerprint density at radius 3 is 1.47 bits per heavy atom. The fraction of sp³-hybridized carbons (Fsp3) is 0. The molecule has 0 saturated carbocycles. The summed E-state index contributed by atoms with van der Waals surface area (Å²) < 4.78 is 4.82. The maximum absolute atomic E-state index is 2.41. The normalized spacial score (nSPS) is 11.5. The predicted molar refractivity (Wildman–Crippen MR) is 241 cm³/mol. The summed E-state index contributed by atoms with van der Waals surface area (Å²) in [7, 11) is 0. The van der Waals surface area contributed by atoms with Crippen molar-refractivity contribution in [2.75, 3.05) is 4.90 Å². The maximum atomic E-state index is 2.41. The fourth-order valence-corrected chi connectivity index (χ4v) is 8.77. The van der Waals surface area contributed by atoms with Gasteiger partial charge in [0.1, 0.15) is 0 Å². The Balaban J connectivity index is 1.09. The van der Waals surface area contributed by atoms with Crippen LogP contribution in [0, 0.1) is 0 Å². The van der Waals surface area contributed by atoms with Crippen LogP contribution in [0.4, 0.5) is 17.1 Å². The van der Waals surface area contributed by atoms with Gasteiger partial charge in [-0.15, -0.1) is 0 Å². The first-order valence-electron chi connectivity index (χ1n) is 19.5. The van der Waals surface area contributed by atoms with Crippen LogP contribution in [0.15, 0.2) is 224 Å². The van der Waals surface area contributed by atoms with E-state index in [2.05, 4.69) is 238 Å². The van der Waals surface area contributed by atoms with E-state index in [1.807, 2.05) is 0 Å². The third kappa shape index (κ3) is 5.51. The second-order valence-electron chi connectivity index (χ2n) is 14.6. The van der Waals surface area contributed by atoms with Gasteiger partial charge in [0.2, 0.25) is 0 Å². The molecule has 9 aromatic carbocycles. The van der Waals surface area contributed by atoms with Gasteiger partial charge in [-0.1, -0.05) is 133 Å². The molecule has 0 saturated heterocycles. The number of anilines is 3. The van der Waals surface area contributed by atoms with Gasteiger partial charge >= 0.3 is 0 Å². The van der Waals surface area contributed by atoms with E-state index in [1.54, 1.807) is 0 Å². The number of benzene rings is 9. The third-order valence-corrected chi connectivity index (χ3v) is 11.3. The van der Waals surface area contributed by atoms with Crippen LogP contribution in [0.2, 0.25) is 0 Å².